The van der Waals surface area contributed by atoms with Gasteiger partial charge in [-0.05, 0) is 24.8 Å². The maximum atomic E-state index is 7.39. The van der Waals surface area contributed by atoms with Gasteiger partial charge in [-0.1, -0.05) is 0 Å². The number of rotatable bonds is 1. The zero-order valence-electron chi connectivity index (χ0n) is 7.75. The summed E-state index contributed by atoms with van der Waals surface area (Å²) in [7, 11) is 1.97. The molecule has 1 aromatic heterocycles. The summed E-state index contributed by atoms with van der Waals surface area (Å²) >= 11 is 0. The Kier molecular flexibility index (Phi) is 1.83. The first-order chi connectivity index (χ1) is 6.18. The lowest BCUT2D eigenvalue weighted by Crippen LogP contribution is -2.28. The van der Waals surface area contributed by atoms with Gasteiger partial charge in [-0.25, -0.2) is 0 Å². The van der Waals surface area contributed by atoms with Gasteiger partial charge in [0.25, 0.3) is 0 Å². The zero-order valence-corrected chi connectivity index (χ0v) is 7.75. The summed E-state index contributed by atoms with van der Waals surface area (Å²) in [6, 6.07) is 0. The van der Waals surface area contributed by atoms with Crippen LogP contribution in [0.1, 0.15) is 17.7 Å². The average Bonchev–Trinajstić information content (AvgIpc) is 2.47. The minimum absolute atomic E-state index is 0.233. The third-order valence-electron chi connectivity index (χ3n) is 2.78. The molecule has 0 fully saturated rings. The van der Waals surface area contributed by atoms with Gasteiger partial charge in [0.1, 0.15) is 0 Å². The van der Waals surface area contributed by atoms with Crippen molar-refractivity contribution in [2.75, 3.05) is 0 Å². The molecule has 3 N–H and O–H groups in total. The third-order valence-corrected chi connectivity index (χ3v) is 2.78. The summed E-state index contributed by atoms with van der Waals surface area (Å²) in [6.45, 7) is 0. The molecule has 0 amide bonds. The maximum absolute atomic E-state index is 7.39. The summed E-state index contributed by atoms with van der Waals surface area (Å²) in [4.78, 5) is 0. The molecule has 2 rings (SSSR count). The van der Waals surface area contributed by atoms with Crippen molar-refractivity contribution < 1.29 is 0 Å². The molecule has 13 heavy (non-hydrogen) atoms. The van der Waals surface area contributed by atoms with Crippen LogP contribution in [-0.4, -0.2) is 15.6 Å². The molecule has 1 heterocycles. The molecule has 4 nitrogen and oxygen atoms in total. The number of aromatic nitrogens is 2. The third kappa shape index (κ3) is 1.32. The Labute approximate surface area is 77.2 Å². The minimum atomic E-state index is 0.233. The van der Waals surface area contributed by atoms with Crippen molar-refractivity contribution >= 4 is 5.84 Å². The van der Waals surface area contributed by atoms with E-state index in [4.69, 9.17) is 11.1 Å². The second-order valence-electron chi connectivity index (χ2n) is 3.64. The topological polar surface area (TPSA) is 67.7 Å². The Bertz CT molecular complexity index is 339. The van der Waals surface area contributed by atoms with E-state index in [2.05, 4.69) is 5.10 Å². The number of hydrogen-bond acceptors (Lipinski definition) is 2. The summed E-state index contributed by atoms with van der Waals surface area (Å²) < 4.78 is 1.92. The van der Waals surface area contributed by atoms with Crippen LogP contribution in [0, 0.1) is 11.3 Å². The SMILES string of the molecule is Cn1ncc2c1CC[C@H](C(=N)N)C2. The van der Waals surface area contributed by atoms with Crippen LogP contribution in [0.4, 0.5) is 0 Å². The predicted octanol–water partition coefficient (Wildman–Crippen LogP) is 0.461. The molecular formula is C9H14N4. The number of amidine groups is 1. The van der Waals surface area contributed by atoms with Gasteiger partial charge in [0.2, 0.25) is 0 Å². The first-order valence-electron chi connectivity index (χ1n) is 4.52. The van der Waals surface area contributed by atoms with Crippen molar-refractivity contribution in [3.63, 3.8) is 0 Å². The molecule has 1 aromatic rings. The molecule has 0 unspecified atom stereocenters. The fourth-order valence-electron chi connectivity index (χ4n) is 1.95. The highest BCUT2D eigenvalue weighted by Crippen LogP contribution is 2.24. The van der Waals surface area contributed by atoms with Crippen LogP contribution >= 0.6 is 0 Å². The average molecular weight is 178 g/mol. The van der Waals surface area contributed by atoms with Crippen molar-refractivity contribution in [2.24, 2.45) is 18.7 Å². The van der Waals surface area contributed by atoms with Crippen LogP contribution in [0.2, 0.25) is 0 Å². The Morgan fingerprint density at radius 3 is 3.23 bits per heavy atom. The fourth-order valence-corrected chi connectivity index (χ4v) is 1.95. The van der Waals surface area contributed by atoms with Gasteiger partial charge >= 0.3 is 0 Å². The normalized spacial score (nSPS) is 21.2. The Morgan fingerprint density at radius 2 is 2.54 bits per heavy atom. The Morgan fingerprint density at radius 1 is 1.77 bits per heavy atom. The molecule has 0 saturated heterocycles. The second kappa shape index (κ2) is 2.87. The molecule has 70 valence electrons. The highest BCUT2D eigenvalue weighted by Gasteiger charge is 2.22. The van der Waals surface area contributed by atoms with Crippen LogP contribution in [0.3, 0.4) is 0 Å². The molecule has 0 bridgehead atoms. The van der Waals surface area contributed by atoms with Crippen molar-refractivity contribution in [1.29, 1.82) is 5.41 Å². The van der Waals surface area contributed by atoms with Gasteiger partial charge in [-0.3, -0.25) is 10.1 Å². The predicted molar refractivity (Wildman–Crippen MR) is 50.6 cm³/mol. The smallest absolute Gasteiger partial charge is 0.0940 e. The van der Waals surface area contributed by atoms with E-state index in [1.54, 1.807) is 0 Å². The molecule has 0 spiro atoms. The van der Waals surface area contributed by atoms with Crippen LogP contribution in [0.5, 0.6) is 0 Å². The maximum Gasteiger partial charge on any atom is 0.0940 e. The molecule has 0 radical (unpaired) electrons. The number of hydrogen-bond donors (Lipinski definition) is 2. The fraction of sp³-hybridized carbons (Fsp3) is 0.556. The van der Waals surface area contributed by atoms with Crippen molar-refractivity contribution in [3.8, 4) is 0 Å². The van der Waals surface area contributed by atoms with E-state index in [-0.39, 0.29) is 5.92 Å². The van der Waals surface area contributed by atoms with Crippen molar-refractivity contribution in [2.45, 2.75) is 19.3 Å². The first-order valence-corrected chi connectivity index (χ1v) is 4.52. The lowest BCUT2D eigenvalue weighted by molar-refractivity contribution is 0.551. The van der Waals surface area contributed by atoms with Crippen molar-refractivity contribution in [3.05, 3.63) is 17.5 Å². The molecule has 1 aliphatic rings. The lowest BCUT2D eigenvalue weighted by Gasteiger charge is -2.20. The largest absolute Gasteiger partial charge is 0.387 e. The molecular weight excluding hydrogens is 164 g/mol. The van der Waals surface area contributed by atoms with Crippen LogP contribution in [0.15, 0.2) is 6.20 Å². The van der Waals surface area contributed by atoms with Gasteiger partial charge in [-0.2, -0.15) is 5.10 Å². The summed E-state index contributed by atoms with van der Waals surface area (Å²) in [6.07, 6.45) is 4.76. The van der Waals surface area contributed by atoms with Crippen LogP contribution < -0.4 is 5.73 Å². The minimum Gasteiger partial charge on any atom is -0.387 e. The number of aryl methyl sites for hydroxylation is 1. The summed E-state index contributed by atoms with van der Waals surface area (Å²) in [5.41, 5.74) is 8.05. The number of nitrogens with zero attached hydrogens (tertiary/aromatic N) is 2. The van der Waals surface area contributed by atoms with E-state index in [1.165, 1.54) is 11.3 Å². The van der Waals surface area contributed by atoms with Gasteiger partial charge in [0.15, 0.2) is 0 Å². The van der Waals surface area contributed by atoms with Crippen molar-refractivity contribution in [1.82, 2.24) is 9.78 Å². The highest BCUT2D eigenvalue weighted by atomic mass is 15.3. The van der Waals surface area contributed by atoms with E-state index in [0.29, 0.717) is 5.84 Å². The van der Waals surface area contributed by atoms with Gasteiger partial charge in [0.05, 0.1) is 12.0 Å². The second-order valence-corrected chi connectivity index (χ2v) is 3.64. The van der Waals surface area contributed by atoms with Gasteiger partial charge in [-0.15, -0.1) is 0 Å². The highest BCUT2D eigenvalue weighted by molar-refractivity contribution is 5.80. The Balaban J connectivity index is 2.25. The van der Waals surface area contributed by atoms with E-state index < -0.39 is 0 Å². The van der Waals surface area contributed by atoms with E-state index in [9.17, 15) is 0 Å². The lowest BCUT2D eigenvalue weighted by atomic mass is 9.87. The van der Waals surface area contributed by atoms with Gasteiger partial charge < -0.3 is 5.73 Å². The van der Waals surface area contributed by atoms with Gasteiger partial charge in [0, 0.05) is 18.7 Å². The summed E-state index contributed by atoms with van der Waals surface area (Å²) in [5, 5.41) is 11.6. The van der Waals surface area contributed by atoms with E-state index in [1.807, 2.05) is 17.9 Å². The van der Waals surface area contributed by atoms with Crippen LogP contribution in [0.25, 0.3) is 0 Å². The van der Waals surface area contributed by atoms with Crippen LogP contribution in [-0.2, 0) is 19.9 Å². The molecule has 0 saturated carbocycles. The standard InChI is InChI=1S/C9H14N4/c1-13-8-3-2-6(9(10)11)4-7(8)5-12-13/h5-6H,2-4H2,1H3,(H3,10,11)/t6-/m0/s1. The number of nitrogens with one attached hydrogen (secondary N) is 1. The summed E-state index contributed by atoms with van der Waals surface area (Å²) in [5.74, 6) is 0.547. The molecule has 4 heteroatoms. The first kappa shape index (κ1) is 8.29. The molecule has 1 aliphatic carbocycles. The number of nitrogens with two attached hydrogens (primary N) is 1. The molecule has 1 atom stereocenters. The number of fused-ring (bicyclic) bond motifs is 1. The monoisotopic (exact) mass is 178 g/mol. The quantitative estimate of drug-likeness (QED) is 0.484. The molecule has 0 aromatic carbocycles. The van der Waals surface area contributed by atoms with E-state index in [0.717, 1.165) is 19.3 Å². The zero-order chi connectivity index (χ0) is 9.42. The Hall–Kier alpha value is -1.32. The molecule has 0 aliphatic heterocycles. The van der Waals surface area contributed by atoms with E-state index >= 15 is 0 Å².